The Hall–Kier alpha value is -1.54. The van der Waals surface area contributed by atoms with Crippen LogP contribution in [0.5, 0.6) is 0 Å². The van der Waals surface area contributed by atoms with E-state index in [-0.39, 0.29) is 17.9 Å². The van der Waals surface area contributed by atoms with Crippen LogP contribution in [0.4, 0.5) is 5.82 Å². The molecule has 2 amide bonds. The van der Waals surface area contributed by atoms with Gasteiger partial charge in [-0.05, 0) is 32.6 Å². The number of hydrogen-bond donors (Lipinski definition) is 0. The normalized spacial score (nSPS) is 22.8. The number of amides is 2. The summed E-state index contributed by atoms with van der Waals surface area (Å²) in [6.45, 7) is 5.97. The van der Waals surface area contributed by atoms with Gasteiger partial charge in [-0.3, -0.25) is 9.59 Å². The highest BCUT2D eigenvalue weighted by molar-refractivity contribution is 7.99. The summed E-state index contributed by atoms with van der Waals surface area (Å²) in [5, 5.41) is 0.915. The molecule has 7 nitrogen and oxygen atoms in total. The van der Waals surface area contributed by atoms with Crippen molar-refractivity contribution in [1.82, 2.24) is 19.8 Å². The summed E-state index contributed by atoms with van der Waals surface area (Å²) >= 11 is 7.62. The fraction of sp³-hybridized carbons (Fsp3) is 0.727. The molecule has 1 aromatic rings. The van der Waals surface area contributed by atoms with Gasteiger partial charge in [-0.15, -0.1) is 0 Å². The van der Waals surface area contributed by atoms with Gasteiger partial charge >= 0.3 is 0 Å². The van der Waals surface area contributed by atoms with Crippen molar-refractivity contribution in [1.29, 1.82) is 0 Å². The Balaban J connectivity index is 1.36. The quantitative estimate of drug-likeness (QED) is 0.377. The maximum atomic E-state index is 13.0. The monoisotopic (exact) mass is 465 g/mol. The molecule has 1 aliphatic carbocycles. The number of carbonyl (C=O) groups is 2. The average molecular weight is 466 g/mol. The van der Waals surface area contributed by atoms with Gasteiger partial charge in [0.05, 0.1) is 5.75 Å². The standard InChI is InChI=1S/C22H32ClN5O2S/c1-16-14-27(11-12-28(16)21(30)17-7-3-2-4-8-17)19-13-18(23)24-22(25-19)31-15-20(29)26-9-5-6-10-26/h13,16-17H,2-12,14-15H2,1H3. The number of thioether (sulfide) groups is 1. The van der Waals surface area contributed by atoms with Crippen LogP contribution in [0.1, 0.15) is 51.9 Å². The Kier molecular flexibility index (Phi) is 7.59. The van der Waals surface area contributed by atoms with Crippen LogP contribution < -0.4 is 4.90 Å². The highest BCUT2D eigenvalue weighted by Crippen LogP contribution is 2.28. The van der Waals surface area contributed by atoms with Gasteiger partial charge in [0.15, 0.2) is 5.16 Å². The number of rotatable bonds is 5. The Morgan fingerprint density at radius 2 is 1.81 bits per heavy atom. The topological polar surface area (TPSA) is 69.6 Å². The molecule has 0 N–H and O–H groups in total. The molecule has 1 aromatic heterocycles. The third-order valence-corrected chi connectivity index (χ3v) is 7.66. The van der Waals surface area contributed by atoms with E-state index in [1.165, 1.54) is 31.0 Å². The van der Waals surface area contributed by atoms with E-state index in [4.69, 9.17) is 11.6 Å². The minimum Gasteiger partial charge on any atom is -0.353 e. The molecule has 0 bridgehead atoms. The van der Waals surface area contributed by atoms with E-state index in [2.05, 4.69) is 26.7 Å². The van der Waals surface area contributed by atoms with Crippen molar-refractivity contribution >= 4 is 41.0 Å². The van der Waals surface area contributed by atoms with Gasteiger partial charge in [-0.2, -0.15) is 0 Å². The number of anilines is 1. The van der Waals surface area contributed by atoms with Crippen LogP contribution in [0.15, 0.2) is 11.2 Å². The smallest absolute Gasteiger partial charge is 0.233 e. The number of aromatic nitrogens is 2. The number of likely N-dealkylation sites (tertiary alicyclic amines) is 1. The van der Waals surface area contributed by atoms with Crippen LogP contribution in [0.25, 0.3) is 0 Å². The molecule has 170 valence electrons. The van der Waals surface area contributed by atoms with E-state index in [1.807, 2.05) is 4.90 Å². The first-order chi connectivity index (χ1) is 15.0. The second-order valence-electron chi connectivity index (χ2n) is 8.87. The molecule has 1 atom stereocenters. The molecule has 3 fully saturated rings. The van der Waals surface area contributed by atoms with Crippen LogP contribution in [0, 0.1) is 5.92 Å². The second kappa shape index (κ2) is 10.4. The zero-order valence-corrected chi connectivity index (χ0v) is 19.8. The summed E-state index contributed by atoms with van der Waals surface area (Å²) in [6, 6.07) is 1.91. The summed E-state index contributed by atoms with van der Waals surface area (Å²) in [6.07, 6.45) is 7.83. The molecular formula is C22H32ClN5O2S. The van der Waals surface area contributed by atoms with Crippen LogP contribution in [0.2, 0.25) is 5.15 Å². The summed E-state index contributed by atoms with van der Waals surface area (Å²) in [5.74, 6) is 1.76. The van der Waals surface area contributed by atoms with Gasteiger partial charge < -0.3 is 14.7 Å². The molecule has 9 heteroatoms. The van der Waals surface area contributed by atoms with E-state index in [1.54, 1.807) is 6.07 Å². The first-order valence-electron chi connectivity index (χ1n) is 11.5. The molecule has 3 aliphatic rings. The minimum absolute atomic E-state index is 0.129. The lowest BCUT2D eigenvalue weighted by Crippen LogP contribution is -2.55. The zero-order chi connectivity index (χ0) is 21.8. The van der Waals surface area contributed by atoms with E-state index >= 15 is 0 Å². The lowest BCUT2D eigenvalue weighted by Gasteiger charge is -2.42. The van der Waals surface area contributed by atoms with Gasteiger partial charge in [0.1, 0.15) is 11.0 Å². The fourth-order valence-corrected chi connectivity index (χ4v) is 5.86. The molecule has 2 aliphatic heterocycles. The van der Waals surface area contributed by atoms with Crippen molar-refractivity contribution < 1.29 is 9.59 Å². The Labute approximate surface area is 193 Å². The predicted molar refractivity (Wildman–Crippen MR) is 124 cm³/mol. The van der Waals surface area contributed by atoms with Crippen LogP contribution >= 0.6 is 23.4 Å². The van der Waals surface area contributed by atoms with Gasteiger partial charge in [-0.1, -0.05) is 42.6 Å². The first-order valence-corrected chi connectivity index (χ1v) is 12.9. The lowest BCUT2D eigenvalue weighted by molar-refractivity contribution is -0.139. The van der Waals surface area contributed by atoms with E-state index < -0.39 is 0 Å². The van der Waals surface area contributed by atoms with Crippen molar-refractivity contribution in [3.8, 4) is 0 Å². The van der Waals surface area contributed by atoms with Crippen LogP contribution in [0.3, 0.4) is 0 Å². The summed E-state index contributed by atoms with van der Waals surface area (Å²) < 4.78 is 0. The Bertz CT molecular complexity index is 798. The van der Waals surface area contributed by atoms with E-state index in [9.17, 15) is 9.59 Å². The van der Waals surface area contributed by atoms with Gasteiger partial charge in [0, 0.05) is 50.7 Å². The molecule has 1 unspecified atom stereocenters. The van der Waals surface area contributed by atoms with Crippen LogP contribution in [-0.4, -0.2) is 76.1 Å². The number of halogens is 1. The SMILES string of the molecule is CC1CN(c2cc(Cl)nc(SCC(=O)N3CCCC3)n2)CCN1C(=O)C1CCCCC1. The number of piperazine rings is 1. The molecule has 0 aromatic carbocycles. The molecule has 0 spiro atoms. The average Bonchev–Trinajstić information content (AvgIpc) is 3.32. The summed E-state index contributed by atoms with van der Waals surface area (Å²) in [4.78, 5) is 40.4. The zero-order valence-electron chi connectivity index (χ0n) is 18.3. The largest absolute Gasteiger partial charge is 0.353 e. The third-order valence-electron chi connectivity index (χ3n) is 6.63. The Morgan fingerprint density at radius 1 is 1.06 bits per heavy atom. The maximum absolute atomic E-state index is 13.0. The number of hydrogen-bond acceptors (Lipinski definition) is 6. The van der Waals surface area contributed by atoms with E-state index in [0.717, 1.165) is 57.7 Å². The molecule has 1 saturated carbocycles. The molecular weight excluding hydrogens is 434 g/mol. The minimum atomic E-state index is 0.129. The van der Waals surface area contributed by atoms with Crippen molar-refractivity contribution in [3.05, 3.63) is 11.2 Å². The molecule has 4 rings (SSSR count). The molecule has 31 heavy (non-hydrogen) atoms. The van der Waals surface area contributed by atoms with Crippen molar-refractivity contribution in [2.75, 3.05) is 43.4 Å². The highest BCUT2D eigenvalue weighted by Gasteiger charge is 2.33. The first kappa shape index (κ1) is 22.6. The summed E-state index contributed by atoms with van der Waals surface area (Å²) in [7, 11) is 0. The van der Waals surface area contributed by atoms with Crippen molar-refractivity contribution in [2.24, 2.45) is 5.92 Å². The van der Waals surface area contributed by atoms with Crippen molar-refractivity contribution in [2.45, 2.75) is 63.1 Å². The van der Waals surface area contributed by atoms with Gasteiger partial charge in [0.2, 0.25) is 11.8 Å². The van der Waals surface area contributed by atoms with E-state index in [0.29, 0.717) is 28.5 Å². The maximum Gasteiger partial charge on any atom is 0.233 e. The predicted octanol–water partition coefficient (Wildman–Crippen LogP) is 3.46. The second-order valence-corrected chi connectivity index (χ2v) is 10.2. The highest BCUT2D eigenvalue weighted by atomic mass is 35.5. The number of nitrogens with zero attached hydrogens (tertiary/aromatic N) is 5. The van der Waals surface area contributed by atoms with Gasteiger partial charge in [-0.25, -0.2) is 9.97 Å². The van der Waals surface area contributed by atoms with Crippen molar-refractivity contribution in [3.63, 3.8) is 0 Å². The molecule has 3 heterocycles. The molecule has 2 saturated heterocycles. The molecule has 0 radical (unpaired) electrons. The lowest BCUT2D eigenvalue weighted by atomic mass is 9.88. The summed E-state index contributed by atoms with van der Waals surface area (Å²) in [5.41, 5.74) is 0. The van der Waals surface area contributed by atoms with Crippen LogP contribution in [-0.2, 0) is 9.59 Å². The van der Waals surface area contributed by atoms with Gasteiger partial charge in [0.25, 0.3) is 0 Å². The fourth-order valence-electron chi connectivity index (χ4n) is 4.87. The third kappa shape index (κ3) is 5.64. The number of carbonyl (C=O) groups excluding carboxylic acids is 2. The Morgan fingerprint density at radius 3 is 2.52 bits per heavy atom.